The van der Waals surface area contributed by atoms with E-state index in [1.807, 2.05) is 0 Å². The Morgan fingerprint density at radius 2 is 2.35 bits per heavy atom. The number of amides is 2. The number of hydrogen-bond acceptors (Lipinski definition) is 5. The quantitative estimate of drug-likeness (QED) is 0.663. The molecule has 2 amide bonds. The van der Waals surface area contributed by atoms with E-state index in [9.17, 15) is 14.4 Å². The number of rotatable bonds is 2. The lowest BCUT2D eigenvalue weighted by molar-refractivity contribution is -0.144. The Labute approximate surface area is 95.2 Å². The molecule has 1 aromatic heterocycles. The van der Waals surface area contributed by atoms with Crippen LogP contribution in [0.4, 0.5) is 0 Å². The van der Waals surface area contributed by atoms with E-state index in [-0.39, 0.29) is 18.8 Å². The molecule has 0 aliphatic carbocycles. The van der Waals surface area contributed by atoms with Gasteiger partial charge in [0.1, 0.15) is 18.8 Å². The number of aromatic nitrogens is 1. The van der Waals surface area contributed by atoms with Gasteiger partial charge in [-0.1, -0.05) is 5.16 Å². The maximum atomic E-state index is 11.9. The largest absolute Gasteiger partial charge is 0.480 e. The van der Waals surface area contributed by atoms with Crippen LogP contribution in [-0.2, 0) is 9.59 Å². The van der Waals surface area contributed by atoms with Crippen molar-refractivity contribution in [2.45, 2.75) is 6.04 Å². The van der Waals surface area contributed by atoms with Gasteiger partial charge in [0.05, 0.1) is 0 Å². The molecule has 0 spiro atoms. The van der Waals surface area contributed by atoms with Crippen LogP contribution in [0.3, 0.4) is 0 Å². The van der Waals surface area contributed by atoms with Gasteiger partial charge in [0.2, 0.25) is 5.91 Å². The molecule has 1 atom stereocenters. The first kappa shape index (κ1) is 11.1. The molecule has 1 aliphatic rings. The summed E-state index contributed by atoms with van der Waals surface area (Å²) in [7, 11) is 0. The molecule has 1 saturated heterocycles. The zero-order valence-corrected chi connectivity index (χ0v) is 8.62. The van der Waals surface area contributed by atoms with Crippen LogP contribution in [0, 0.1) is 0 Å². The highest BCUT2D eigenvalue weighted by molar-refractivity contribution is 5.98. The van der Waals surface area contributed by atoms with Gasteiger partial charge in [0.15, 0.2) is 5.69 Å². The maximum Gasteiger partial charge on any atom is 0.328 e. The van der Waals surface area contributed by atoms with Gasteiger partial charge in [-0.2, -0.15) is 0 Å². The Morgan fingerprint density at radius 3 is 2.94 bits per heavy atom. The third-order valence-corrected chi connectivity index (χ3v) is 2.39. The standard InChI is InChI=1S/C9H9N3O5/c13-7-4-12(6(3-10-7)9(15)16)8(14)5-1-2-17-11-5/h1-2,6H,3-4H2,(H,10,13)(H,15,16). The molecule has 1 aromatic rings. The van der Waals surface area contributed by atoms with Gasteiger partial charge in [-0.05, 0) is 0 Å². The summed E-state index contributed by atoms with van der Waals surface area (Å²) >= 11 is 0. The summed E-state index contributed by atoms with van der Waals surface area (Å²) in [6.07, 6.45) is 1.20. The fourth-order valence-electron chi connectivity index (χ4n) is 1.55. The van der Waals surface area contributed by atoms with E-state index in [2.05, 4.69) is 15.0 Å². The number of nitrogens with one attached hydrogen (secondary N) is 1. The number of carboxylic acids is 1. The van der Waals surface area contributed by atoms with E-state index in [0.717, 1.165) is 4.90 Å². The Morgan fingerprint density at radius 1 is 1.59 bits per heavy atom. The van der Waals surface area contributed by atoms with Crippen LogP contribution in [0.25, 0.3) is 0 Å². The van der Waals surface area contributed by atoms with Gasteiger partial charge in [0.25, 0.3) is 5.91 Å². The zero-order chi connectivity index (χ0) is 12.4. The molecule has 1 aliphatic heterocycles. The van der Waals surface area contributed by atoms with Gasteiger partial charge in [-0.3, -0.25) is 9.59 Å². The first-order valence-corrected chi connectivity index (χ1v) is 4.80. The number of carboxylic acid groups (broad SMARTS) is 1. The predicted molar refractivity (Wildman–Crippen MR) is 52.0 cm³/mol. The molecule has 2 heterocycles. The molecule has 1 fully saturated rings. The summed E-state index contributed by atoms with van der Waals surface area (Å²) in [5.41, 5.74) is -0.0223. The van der Waals surface area contributed by atoms with E-state index in [4.69, 9.17) is 5.11 Å². The van der Waals surface area contributed by atoms with E-state index >= 15 is 0 Å². The number of aliphatic carboxylic acids is 1. The van der Waals surface area contributed by atoms with Crippen LogP contribution < -0.4 is 5.32 Å². The van der Waals surface area contributed by atoms with Crippen LogP contribution in [0.1, 0.15) is 10.5 Å². The fraction of sp³-hybridized carbons (Fsp3) is 0.333. The van der Waals surface area contributed by atoms with Crippen molar-refractivity contribution >= 4 is 17.8 Å². The van der Waals surface area contributed by atoms with E-state index < -0.39 is 23.8 Å². The zero-order valence-electron chi connectivity index (χ0n) is 8.62. The van der Waals surface area contributed by atoms with Gasteiger partial charge >= 0.3 is 5.97 Å². The lowest BCUT2D eigenvalue weighted by atomic mass is 10.1. The summed E-state index contributed by atoms with van der Waals surface area (Å²) in [6.45, 7) is -0.416. The Bertz CT molecular complexity index is 455. The predicted octanol–water partition coefficient (Wildman–Crippen LogP) is -1.30. The van der Waals surface area contributed by atoms with Gasteiger partial charge in [-0.25, -0.2) is 4.79 Å². The number of carbonyl (C=O) groups is 3. The molecule has 0 saturated carbocycles. The molecule has 0 bridgehead atoms. The summed E-state index contributed by atoms with van der Waals surface area (Å²) in [5.74, 6) is -2.22. The van der Waals surface area contributed by atoms with Crippen LogP contribution in [0.5, 0.6) is 0 Å². The van der Waals surface area contributed by atoms with Crippen molar-refractivity contribution in [1.29, 1.82) is 0 Å². The van der Waals surface area contributed by atoms with Crippen LogP contribution in [-0.4, -0.2) is 52.1 Å². The first-order chi connectivity index (χ1) is 8.09. The second kappa shape index (κ2) is 4.24. The van der Waals surface area contributed by atoms with Gasteiger partial charge in [0, 0.05) is 12.6 Å². The highest BCUT2D eigenvalue weighted by atomic mass is 16.5. The minimum absolute atomic E-state index is 0.0223. The molecular formula is C9H9N3O5. The number of hydrogen-bond donors (Lipinski definition) is 2. The van der Waals surface area contributed by atoms with Crippen LogP contribution in [0.15, 0.2) is 16.9 Å². The molecular weight excluding hydrogens is 230 g/mol. The van der Waals surface area contributed by atoms with Crippen molar-refractivity contribution in [3.63, 3.8) is 0 Å². The number of carbonyl (C=O) groups excluding carboxylic acids is 2. The average Bonchev–Trinajstić information content (AvgIpc) is 2.80. The van der Waals surface area contributed by atoms with Crippen molar-refractivity contribution in [2.24, 2.45) is 0 Å². The minimum Gasteiger partial charge on any atom is -0.480 e. The SMILES string of the molecule is O=C1CN(C(=O)c2ccon2)C(C(=O)O)CN1. The van der Waals surface area contributed by atoms with E-state index in [0.29, 0.717) is 0 Å². The summed E-state index contributed by atoms with van der Waals surface area (Å²) in [5, 5.41) is 14.8. The smallest absolute Gasteiger partial charge is 0.328 e. The normalized spacial score (nSPS) is 19.9. The maximum absolute atomic E-state index is 11.9. The van der Waals surface area contributed by atoms with Crippen molar-refractivity contribution < 1.29 is 24.0 Å². The van der Waals surface area contributed by atoms with E-state index in [1.165, 1.54) is 12.3 Å². The highest BCUT2D eigenvalue weighted by Gasteiger charge is 2.36. The van der Waals surface area contributed by atoms with Gasteiger partial charge in [-0.15, -0.1) is 0 Å². The van der Waals surface area contributed by atoms with Gasteiger partial charge < -0.3 is 19.8 Å². The summed E-state index contributed by atoms with van der Waals surface area (Å²) in [6, 6.07) is 0.227. The molecule has 8 heteroatoms. The molecule has 8 nitrogen and oxygen atoms in total. The Kier molecular flexibility index (Phi) is 2.77. The third-order valence-electron chi connectivity index (χ3n) is 2.39. The Balaban J connectivity index is 2.23. The molecule has 1 unspecified atom stereocenters. The van der Waals surface area contributed by atoms with Crippen LogP contribution >= 0.6 is 0 Å². The van der Waals surface area contributed by atoms with Crippen molar-refractivity contribution in [3.8, 4) is 0 Å². The van der Waals surface area contributed by atoms with Crippen molar-refractivity contribution in [1.82, 2.24) is 15.4 Å². The fourth-order valence-corrected chi connectivity index (χ4v) is 1.55. The van der Waals surface area contributed by atoms with Crippen molar-refractivity contribution in [2.75, 3.05) is 13.1 Å². The third kappa shape index (κ3) is 2.10. The topological polar surface area (TPSA) is 113 Å². The molecule has 2 rings (SSSR count). The number of nitrogens with zero attached hydrogens (tertiary/aromatic N) is 2. The highest BCUT2D eigenvalue weighted by Crippen LogP contribution is 2.09. The lowest BCUT2D eigenvalue weighted by Crippen LogP contribution is -2.59. The summed E-state index contributed by atoms with van der Waals surface area (Å²) in [4.78, 5) is 35.0. The van der Waals surface area contributed by atoms with Crippen LogP contribution in [0.2, 0.25) is 0 Å². The molecule has 2 N–H and O–H groups in total. The first-order valence-electron chi connectivity index (χ1n) is 4.80. The Hall–Kier alpha value is -2.38. The summed E-state index contributed by atoms with van der Waals surface area (Å²) < 4.78 is 4.50. The lowest BCUT2D eigenvalue weighted by Gasteiger charge is -2.31. The second-order valence-electron chi connectivity index (χ2n) is 3.48. The number of piperazine rings is 1. The second-order valence-corrected chi connectivity index (χ2v) is 3.48. The minimum atomic E-state index is -1.18. The molecule has 17 heavy (non-hydrogen) atoms. The molecule has 0 aromatic carbocycles. The monoisotopic (exact) mass is 239 g/mol. The molecule has 0 radical (unpaired) electrons. The van der Waals surface area contributed by atoms with E-state index in [1.54, 1.807) is 0 Å². The van der Waals surface area contributed by atoms with Crippen molar-refractivity contribution in [3.05, 3.63) is 18.0 Å². The average molecular weight is 239 g/mol. The molecule has 90 valence electrons.